The fraction of sp³-hybridized carbons (Fsp3) is 0.192. The van der Waals surface area contributed by atoms with Crippen LogP contribution in [0.2, 0.25) is 0 Å². The number of hydrogen-bond acceptors (Lipinski definition) is 3. The summed E-state index contributed by atoms with van der Waals surface area (Å²) in [5.41, 5.74) is 5.54. The summed E-state index contributed by atoms with van der Waals surface area (Å²) < 4.78 is 5.29. The van der Waals surface area contributed by atoms with Crippen LogP contribution in [0.3, 0.4) is 0 Å². The summed E-state index contributed by atoms with van der Waals surface area (Å²) in [6.07, 6.45) is 0.413. The second-order valence-corrected chi connectivity index (χ2v) is 8.57. The van der Waals surface area contributed by atoms with Crippen LogP contribution in [0.4, 0.5) is 0 Å². The number of aromatic nitrogens is 1. The molecule has 4 nitrogen and oxygen atoms in total. The van der Waals surface area contributed by atoms with E-state index in [1.54, 1.807) is 18.9 Å². The quantitative estimate of drug-likeness (QED) is 0.282. The van der Waals surface area contributed by atoms with E-state index in [-0.39, 0.29) is 5.91 Å². The van der Waals surface area contributed by atoms with Crippen LogP contribution in [0.15, 0.2) is 77.7 Å². The second kappa shape index (κ2) is 9.75. The van der Waals surface area contributed by atoms with Gasteiger partial charge in [0.1, 0.15) is 5.75 Å². The van der Waals surface area contributed by atoms with Gasteiger partial charge in [0.2, 0.25) is 5.91 Å². The summed E-state index contributed by atoms with van der Waals surface area (Å²) in [7, 11) is 1.67. The van der Waals surface area contributed by atoms with Crippen molar-refractivity contribution in [1.82, 2.24) is 10.3 Å². The number of aromatic amines is 1. The molecule has 0 saturated carbocycles. The Morgan fingerprint density at radius 3 is 2.61 bits per heavy atom. The molecule has 31 heavy (non-hydrogen) atoms. The lowest BCUT2D eigenvalue weighted by Gasteiger charge is -2.08. The topological polar surface area (TPSA) is 54.1 Å². The number of amides is 1. The maximum absolute atomic E-state index is 12.3. The minimum atomic E-state index is 0.0560. The standard InChI is InChI=1S/C26H26N2O2S/c1-18-6-5-7-19(16-18)17-24(29)27-14-15-31-26-22-8-3-4-9-23(22)28-25(26)20-10-12-21(30-2)13-11-20/h3-13,16,28H,14-15,17H2,1-2H3,(H,27,29). The lowest BCUT2D eigenvalue weighted by molar-refractivity contribution is -0.120. The van der Waals surface area contributed by atoms with Crippen molar-refractivity contribution in [3.8, 4) is 17.0 Å². The van der Waals surface area contributed by atoms with Crippen molar-refractivity contribution in [1.29, 1.82) is 0 Å². The summed E-state index contributed by atoms with van der Waals surface area (Å²) in [6.45, 7) is 2.66. The van der Waals surface area contributed by atoms with Crippen LogP contribution in [0.5, 0.6) is 5.75 Å². The van der Waals surface area contributed by atoms with E-state index in [4.69, 9.17) is 4.74 Å². The molecule has 0 saturated heterocycles. The summed E-state index contributed by atoms with van der Waals surface area (Å²) in [5.74, 6) is 1.69. The molecule has 0 aliphatic heterocycles. The highest BCUT2D eigenvalue weighted by Crippen LogP contribution is 2.37. The molecule has 1 amide bonds. The third kappa shape index (κ3) is 5.12. The third-order valence-corrected chi connectivity index (χ3v) is 6.28. The fourth-order valence-electron chi connectivity index (χ4n) is 3.64. The van der Waals surface area contributed by atoms with Crippen molar-refractivity contribution in [3.05, 3.63) is 83.9 Å². The predicted molar refractivity (Wildman–Crippen MR) is 129 cm³/mol. The van der Waals surface area contributed by atoms with E-state index in [0.29, 0.717) is 13.0 Å². The number of thioether (sulfide) groups is 1. The number of para-hydroxylation sites is 1. The van der Waals surface area contributed by atoms with E-state index < -0.39 is 0 Å². The van der Waals surface area contributed by atoms with Gasteiger partial charge in [-0.2, -0.15) is 0 Å². The molecule has 2 N–H and O–H groups in total. The summed E-state index contributed by atoms with van der Waals surface area (Å²) in [5, 5.41) is 4.25. The Balaban J connectivity index is 1.43. The number of carbonyl (C=O) groups is 1. The van der Waals surface area contributed by atoms with Gasteiger partial charge in [0, 0.05) is 28.1 Å². The van der Waals surface area contributed by atoms with Crippen LogP contribution in [0.1, 0.15) is 11.1 Å². The number of carbonyl (C=O) groups excluding carboxylic acids is 1. The van der Waals surface area contributed by atoms with Gasteiger partial charge in [-0.15, -0.1) is 11.8 Å². The van der Waals surface area contributed by atoms with E-state index in [0.717, 1.165) is 33.8 Å². The van der Waals surface area contributed by atoms with Crippen LogP contribution in [0, 0.1) is 6.92 Å². The first-order valence-corrected chi connectivity index (χ1v) is 11.3. The van der Waals surface area contributed by atoms with Gasteiger partial charge in [-0.3, -0.25) is 4.79 Å². The van der Waals surface area contributed by atoms with Crippen LogP contribution in [0.25, 0.3) is 22.2 Å². The van der Waals surface area contributed by atoms with Crippen molar-refractivity contribution in [2.45, 2.75) is 18.2 Å². The molecule has 3 aromatic carbocycles. The number of hydrogen-bond donors (Lipinski definition) is 2. The van der Waals surface area contributed by atoms with Gasteiger partial charge >= 0.3 is 0 Å². The molecular formula is C26H26N2O2S. The molecule has 0 fully saturated rings. The molecule has 0 aliphatic rings. The number of aryl methyl sites for hydroxylation is 1. The average molecular weight is 431 g/mol. The maximum atomic E-state index is 12.3. The minimum Gasteiger partial charge on any atom is -0.497 e. The Morgan fingerprint density at radius 2 is 1.84 bits per heavy atom. The van der Waals surface area contributed by atoms with Crippen molar-refractivity contribution < 1.29 is 9.53 Å². The first kappa shape index (κ1) is 21.1. The normalized spacial score (nSPS) is 10.9. The lowest BCUT2D eigenvalue weighted by atomic mass is 10.1. The minimum absolute atomic E-state index is 0.0560. The average Bonchev–Trinajstić information content (AvgIpc) is 3.15. The number of benzene rings is 3. The highest BCUT2D eigenvalue weighted by molar-refractivity contribution is 7.99. The van der Waals surface area contributed by atoms with E-state index >= 15 is 0 Å². The van der Waals surface area contributed by atoms with Gasteiger partial charge in [0.05, 0.1) is 19.2 Å². The van der Waals surface area contributed by atoms with E-state index in [2.05, 4.69) is 46.7 Å². The zero-order valence-electron chi connectivity index (χ0n) is 17.8. The SMILES string of the molecule is COc1ccc(-c2[nH]c3ccccc3c2SCCNC(=O)Cc2cccc(C)c2)cc1. The Hall–Kier alpha value is -3.18. The zero-order chi connectivity index (χ0) is 21.6. The van der Waals surface area contributed by atoms with Crippen molar-refractivity contribution in [3.63, 3.8) is 0 Å². The smallest absolute Gasteiger partial charge is 0.224 e. The Bertz CT molecular complexity index is 1180. The molecule has 158 valence electrons. The molecule has 0 spiro atoms. The molecule has 0 atom stereocenters. The number of nitrogens with one attached hydrogen (secondary N) is 2. The van der Waals surface area contributed by atoms with Crippen LogP contribution in [-0.4, -0.2) is 30.3 Å². The van der Waals surface area contributed by atoms with E-state index in [1.807, 2.05) is 43.3 Å². The van der Waals surface area contributed by atoms with Crippen LogP contribution < -0.4 is 10.1 Å². The van der Waals surface area contributed by atoms with E-state index in [9.17, 15) is 4.79 Å². The van der Waals surface area contributed by atoms with Gasteiger partial charge < -0.3 is 15.0 Å². The molecule has 1 heterocycles. The monoisotopic (exact) mass is 430 g/mol. The molecule has 0 radical (unpaired) electrons. The largest absolute Gasteiger partial charge is 0.497 e. The number of methoxy groups -OCH3 is 1. The summed E-state index contributed by atoms with van der Waals surface area (Å²) in [4.78, 5) is 17.1. The van der Waals surface area contributed by atoms with Crippen LogP contribution in [-0.2, 0) is 11.2 Å². The molecule has 1 aromatic heterocycles. The van der Waals surface area contributed by atoms with Crippen molar-refractivity contribution in [2.75, 3.05) is 19.4 Å². The van der Waals surface area contributed by atoms with E-state index in [1.165, 1.54) is 15.8 Å². The van der Waals surface area contributed by atoms with Crippen LogP contribution >= 0.6 is 11.8 Å². The predicted octanol–water partition coefficient (Wildman–Crippen LogP) is 5.60. The number of rotatable bonds is 8. The Morgan fingerprint density at radius 1 is 1.03 bits per heavy atom. The number of ether oxygens (including phenoxy) is 1. The number of H-pyrrole nitrogens is 1. The lowest BCUT2D eigenvalue weighted by Crippen LogP contribution is -2.27. The molecule has 0 unspecified atom stereocenters. The van der Waals surface area contributed by atoms with Crippen molar-refractivity contribution in [2.24, 2.45) is 0 Å². The highest BCUT2D eigenvalue weighted by Gasteiger charge is 2.14. The molecular weight excluding hydrogens is 404 g/mol. The molecule has 0 aliphatic carbocycles. The highest BCUT2D eigenvalue weighted by atomic mass is 32.2. The first-order chi connectivity index (χ1) is 15.1. The van der Waals surface area contributed by atoms with Gasteiger partial charge in [-0.05, 0) is 48.4 Å². The van der Waals surface area contributed by atoms with Gasteiger partial charge in [-0.1, -0.05) is 48.0 Å². The van der Waals surface area contributed by atoms with Gasteiger partial charge in [-0.25, -0.2) is 0 Å². The Kier molecular flexibility index (Phi) is 6.63. The molecule has 5 heteroatoms. The fourth-order valence-corrected chi connectivity index (χ4v) is 4.70. The Labute approximate surface area is 187 Å². The first-order valence-electron chi connectivity index (χ1n) is 10.3. The number of fused-ring (bicyclic) bond motifs is 1. The second-order valence-electron chi connectivity index (χ2n) is 7.47. The van der Waals surface area contributed by atoms with Gasteiger partial charge in [0.15, 0.2) is 0 Å². The summed E-state index contributed by atoms with van der Waals surface area (Å²) >= 11 is 1.76. The third-order valence-electron chi connectivity index (χ3n) is 5.15. The zero-order valence-corrected chi connectivity index (χ0v) is 18.6. The molecule has 4 rings (SSSR count). The molecule has 0 bridgehead atoms. The van der Waals surface area contributed by atoms with Crippen molar-refractivity contribution >= 4 is 28.6 Å². The summed E-state index contributed by atoms with van der Waals surface area (Å²) in [6, 6.07) is 24.5. The van der Waals surface area contributed by atoms with Gasteiger partial charge in [0.25, 0.3) is 0 Å². The molecule has 4 aromatic rings. The maximum Gasteiger partial charge on any atom is 0.224 e.